The molecule has 0 aliphatic rings. The van der Waals surface area contributed by atoms with Crippen molar-refractivity contribution in [3.63, 3.8) is 0 Å². The second-order valence-electron chi connectivity index (χ2n) is 4.32. The number of benzene rings is 1. The van der Waals surface area contributed by atoms with Crippen LogP contribution in [-0.4, -0.2) is 19.1 Å². The lowest BCUT2D eigenvalue weighted by atomic mass is 10.1. The van der Waals surface area contributed by atoms with E-state index in [0.717, 1.165) is 12.1 Å². The lowest BCUT2D eigenvalue weighted by molar-refractivity contribution is -0.108. The first-order chi connectivity index (χ1) is 7.00. The molecule has 0 atom stereocenters. The lowest BCUT2D eigenvalue weighted by Gasteiger charge is -2.32. The molecular formula is C12H17NO2. The van der Waals surface area contributed by atoms with E-state index in [-0.39, 0.29) is 5.54 Å². The highest BCUT2D eigenvalue weighted by molar-refractivity contribution is 5.80. The minimum atomic E-state index is -0.254. The van der Waals surface area contributed by atoms with Crippen molar-refractivity contribution in [2.24, 2.45) is 0 Å². The molecule has 0 saturated heterocycles. The normalized spacial score (nSPS) is 10.9. The maximum absolute atomic E-state index is 11.1. The summed E-state index contributed by atoms with van der Waals surface area (Å²) in [7, 11) is 1.60. The summed E-state index contributed by atoms with van der Waals surface area (Å²) in [6.07, 6.45) is 0.831. The van der Waals surface area contributed by atoms with Crippen LogP contribution in [-0.2, 0) is 4.79 Å². The molecule has 0 spiro atoms. The predicted molar refractivity (Wildman–Crippen MR) is 61.3 cm³/mol. The maximum Gasteiger partial charge on any atom is 0.214 e. The third-order valence-electron chi connectivity index (χ3n) is 2.17. The van der Waals surface area contributed by atoms with Gasteiger partial charge in [0.25, 0.3) is 0 Å². The Hall–Kier alpha value is -1.51. The molecule has 3 nitrogen and oxygen atoms in total. The molecule has 1 aromatic carbocycles. The summed E-state index contributed by atoms with van der Waals surface area (Å²) in [4.78, 5) is 12.7. The van der Waals surface area contributed by atoms with E-state index in [0.29, 0.717) is 5.75 Å². The lowest BCUT2D eigenvalue weighted by Crippen LogP contribution is -2.40. The highest BCUT2D eigenvalue weighted by Crippen LogP contribution is 2.31. The van der Waals surface area contributed by atoms with Gasteiger partial charge in [0.1, 0.15) is 5.75 Å². The Morgan fingerprint density at radius 1 is 1.27 bits per heavy atom. The van der Waals surface area contributed by atoms with Crippen LogP contribution < -0.4 is 9.64 Å². The molecule has 1 rings (SSSR count). The van der Waals surface area contributed by atoms with Crippen molar-refractivity contribution < 1.29 is 9.53 Å². The van der Waals surface area contributed by atoms with Crippen molar-refractivity contribution in [2.45, 2.75) is 26.3 Å². The minimum Gasteiger partial charge on any atom is -0.495 e. The van der Waals surface area contributed by atoms with Gasteiger partial charge in [0.15, 0.2) is 0 Å². The van der Waals surface area contributed by atoms with Crippen molar-refractivity contribution in [3.05, 3.63) is 24.3 Å². The van der Waals surface area contributed by atoms with Gasteiger partial charge in [-0.1, -0.05) is 12.1 Å². The first kappa shape index (κ1) is 11.6. The summed E-state index contributed by atoms with van der Waals surface area (Å²) >= 11 is 0. The number of carbonyl (C=O) groups excluding carboxylic acids is 1. The molecule has 82 valence electrons. The number of rotatable bonds is 3. The van der Waals surface area contributed by atoms with Crippen LogP contribution in [0.3, 0.4) is 0 Å². The topological polar surface area (TPSA) is 29.5 Å². The van der Waals surface area contributed by atoms with E-state index in [9.17, 15) is 4.79 Å². The van der Waals surface area contributed by atoms with E-state index >= 15 is 0 Å². The molecule has 0 unspecified atom stereocenters. The Balaban J connectivity index is 3.18. The number of anilines is 1. The fraction of sp³-hybridized carbons (Fsp3) is 0.417. The first-order valence-electron chi connectivity index (χ1n) is 4.88. The molecule has 0 saturated carbocycles. The molecule has 3 heteroatoms. The molecule has 0 aromatic heterocycles. The van der Waals surface area contributed by atoms with Gasteiger partial charge in [0.2, 0.25) is 6.41 Å². The fourth-order valence-electron chi connectivity index (χ4n) is 1.41. The largest absolute Gasteiger partial charge is 0.495 e. The molecule has 0 aliphatic heterocycles. The molecular weight excluding hydrogens is 190 g/mol. The summed E-state index contributed by atoms with van der Waals surface area (Å²) < 4.78 is 5.22. The van der Waals surface area contributed by atoms with Crippen molar-refractivity contribution in [1.82, 2.24) is 0 Å². The van der Waals surface area contributed by atoms with E-state index in [1.807, 2.05) is 45.0 Å². The Morgan fingerprint density at radius 3 is 2.33 bits per heavy atom. The summed E-state index contributed by atoms with van der Waals surface area (Å²) in [5, 5.41) is 0. The Bertz CT molecular complexity index is 342. The molecule has 0 fully saturated rings. The van der Waals surface area contributed by atoms with Crippen LogP contribution in [0.4, 0.5) is 5.69 Å². The smallest absolute Gasteiger partial charge is 0.214 e. The molecule has 0 radical (unpaired) electrons. The van der Waals surface area contributed by atoms with E-state index in [2.05, 4.69) is 0 Å². The van der Waals surface area contributed by atoms with Crippen LogP contribution in [0.25, 0.3) is 0 Å². The average Bonchev–Trinajstić information content (AvgIpc) is 2.17. The van der Waals surface area contributed by atoms with Gasteiger partial charge in [0, 0.05) is 5.54 Å². The van der Waals surface area contributed by atoms with Gasteiger partial charge in [-0.05, 0) is 32.9 Å². The van der Waals surface area contributed by atoms with Gasteiger partial charge < -0.3 is 9.64 Å². The summed E-state index contributed by atoms with van der Waals surface area (Å²) in [5.74, 6) is 0.708. The van der Waals surface area contributed by atoms with Crippen molar-refractivity contribution in [1.29, 1.82) is 0 Å². The van der Waals surface area contributed by atoms with E-state index in [1.54, 1.807) is 12.0 Å². The number of hydrogen-bond donors (Lipinski definition) is 0. The number of carbonyl (C=O) groups is 1. The highest BCUT2D eigenvalue weighted by Gasteiger charge is 2.23. The molecule has 0 heterocycles. The second kappa shape index (κ2) is 4.34. The Kier molecular flexibility index (Phi) is 3.35. The monoisotopic (exact) mass is 207 g/mol. The van der Waals surface area contributed by atoms with Gasteiger partial charge >= 0.3 is 0 Å². The average molecular weight is 207 g/mol. The number of hydrogen-bond acceptors (Lipinski definition) is 2. The number of para-hydroxylation sites is 2. The SMILES string of the molecule is COc1ccccc1N(C=O)C(C)(C)C. The summed E-state index contributed by atoms with van der Waals surface area (Å²) in [6, 6.07) is 7.49. The van der Waals surface area contributed by atoms with Crippen LogP contribution in [0.5, 0.6) is 5.75 Å². The zero-order valence-electron chi connectivity index (χ0n) is 9.65. The highest BCUT2D eigenvalue weighted by atomic mass is 16.5. The number of nitrogens with zero attached hydrogens (tertiary/aromatic N) is 1. The summed E-state index contributed by atoms with van der Waals surface area (Å²) in [5.41, 5.74) is 0.540. The second-order valence-corrected chi connectivity index (χ2v) is 4.32. The van der Waals surface area contributed by atoms with Crippen LogP contribution in [0.2, 0.25) is 0 Å². The Labute approximate surface area is 90.7 Å². The van der Waals surface area contributed by atoms with E-state index < -0.39 is 0 Å². The van der Waals surface area contributed by atoms with Crippen molar-refractivity contribution >= 4 is 12.1 Å². The minimum absolute atomic E-state index is 0.254. The fourth-order valence-corrected chi connectivity index (χ4v) is 1.41. The quantitative estimate of drug-likeness (QED) is 0.712. The molecule has 15 heavy (non-hydrogen) atoms. The van der Waals surface area contributed by atoms with Gasteiger partial charge in [0.05, 0.1) is 12.8 Å². The number of ether oxygens (including phenoxy) is 1. The zero-order valence-corrected chi connectivity index (χ0v) is 9.65. The van der Waals surface area contributed by atoms with Crippen LogP contribution >= 0.6 is 0 Å². The molecule has 1 aromatic rings. The van der Waals surface area contributed by atoms with Crippen LogP contribution in [0, 0.1) is 0 Å². The predicted octanol–water partition coefficient (Wildman–Crippen LogP) is 2.46. The van der Waals surface area contributed by atoms with Crippen molar-refractivity contribution in [2.75, 3.05) is 12.0 Å². The first-order valence-corrected chi connectivity index (χ1v) is 4.88. The molecule has 0 N–H and O–H groups in total. The zero-order chi connectivity index (χ0) is 11.5. The van der Waals surface area contributed by atoms with Gasteiger partial charge in [-0.15, -0.1) is 0 Å². The van der Waals surface area contributed by atoms with Gasteiger partial charge in [-0.2, -0.15) is 0 Å². The third kappa shape index (κ3) is 2.49. The molecule has 0 bridgehead atoms. The third-order valence-corrected chi connectivity index (χ3v) is 2.17. The molecule has 1 amide bonds. The van der Waals surface area contributed by atoms with Crippen LogP contribution in [0.1, 0.15) is 20.8 Å². The van der Waals surface area contributed by atoms with E-state index in [4.69, 9.17) is 4.74 Å². The maximum atomic E-state index is 11.1. The standard InChI is InChI=1S/C12H17NO2/c1-12(2,3)13(9-14)10-7-5-6-8-11(10)15-4/h5-9H,1-4H3. The van der Waals surface area contributed by atoms with Gasteiger partial charge in [-0.3, -0.25) is 4.79 Å². The van der Waals surface area contributed by atoms with Gasteiger partial charge in [-0.25, -0.2) is 0 Å². The number of amides is 1. The van der Waals surface area contributed by atoms with Crippen LogP contribution in [0.15, 0.2) is 24.3 Å². The van der Waals surface area contributed by atoms with E-state index in [1.165, 1.54) is 0 Å². The summed E-state index contributed by atoms with van der Waals surface area (Å²) in [6.45, 7) is 5.94. The number of methoxy groups -OCH3 is 1. The Morgan fingerprint density at radius 2 is 1.87 bits per heavy atom. The van der Waals surface area contributed by atoms with Crippen molar-refractivity contribution in [3.8, 4) is 5.75 Å². The molecule has 0 aliphatic carbocycles.